The van der Waals surface area contributed by atoms with E-state index >= 15 is 0 Å². The Morgan fingerprint density at radius 2 is 2.12 bits per heavy atom. The van der Waals surface area contributed by atoms with Crippen LogP contribution in [-0.2, 0) is 4.79 Å². The molecule has 0 aromatic heterocycles. The molecule has 0 aliphatic heterocycles. The van der Waals surface area contributed by atoms with Crippen LogP contribution in [0.1, 0.15) is 38.5 Å². The van der Waals surface area contributed by atoms with Gasteiger partial charge in [0.05, 0.1) is 6.54 Å². The summed E-state index contributed by atoms with van der Waals surface area (Å²) in [4.78, 5) is 12.8. The van der Waals surface area contributed by atoms with Crippen molar-refractivity contribution in [3.05, 3.63) is 12.7 Å². The lowest BCUT2D eigenvalue weighted by Gasteiger charge is -2.19. The van der Waals surface area contributed by atoms with E-state index in [4.69, 9.17) is 5.11 Å². The van der Waals surface area contributed by atoms with Crippen molar-refractivity contribution >= 4 is 5.97 Å². The van der Waals surface area contributed by atoms with E-state index in [1.165, 1.54) is 25.7 Å². The zero-order valence-corrected chi connectivity index (χ0v) is 10.0. The van der Waals surface area contributed by atoms with Crippen molar-refractivity contribution in [2.24, 2.45) is 5.92 Å². The molecule has 1 saturated carbocycles. The summed E-state index contributed by atoms with van der Waals surface area (Å²) in [5.41, 5.74) is 0. The van der Waals surface area contributed by atoms with E-state index in [-0.39, 0.29) is 6.54 Å². The van der Waals surface area contributed by atoms with Crippen LogP contribution in [0.15, 0.2) is 12.7 Å². The predicted octanol–water partition coefficient (Wildman–Crippen LogP) is 2.53. The van der Waals surface area contributed by atoms with Crippen molar-refractivity contribution in [2.45, 2.75) is 38.5 Å². The highest BCUT2D eigenvalue weighted by molar-refractivity contribution is 5.69. The molecule has 0 aromatic rings. The topological polar surface area (TPSA) is 40.5 Å². The second-order valence-corrected chi connectivity index (χ2v) is 4.71. The number of carbonyl (C=O) groups is 1. The molecule has 16 heavy (non-hydrogen) atoms. The SMILES string of the molecule is C=CCCCCCN(CC(=O)O)CC1CC1. The minimum Gasteiger partial charge on any atom is -0.480 e. The number of carboxylic acids is 1. The van der Waals surface area contributed by atoms with Crippen molar-refractivity contribution < 1.29 is 9.90 Å². The third kappa shape index (κ3) is 6.62. The molecule has 1 rings (SSSR count). The van der Waals surface area contributed by atoms with E-state index < -0.39 is 5.97 Å². The van der Waals surface area contributed by atoms with E-state index in [9.17, 15) is 4.79 Å². The molecular formula is C13H23NO2. The minimum absolute atomic E-state index is 0.206. The Balaban J connectivity index is 2.10. The zero-order valence-electron chi connectivity index (χ0n) is 10.0. The summed E-state index contributed by atoms with van der Waals surface area (Å²) in [6.45, 7) is 5.81. The van der Waals surface area contributed by atoms with Crippen LogP contribution in [0.2, 0.25) is 0 Å². The van der Waals surface area contributed by atoms with E-state index in [2.05, 4.69) is 11.5 Å². The molecule has 92 valence electrons. The van der Waals surface area contributed by atoms with Crippen molar-refractivity contribution in [3.8, 4) is 0 Å². The molecule has 0 spiro atoms. The maximum atomic E-state index is 10.7. The molecule has 0 aromatic carbocycles. The Morgan fingerprint density at radius 3 is 2.69 bits per heavy atom. The first-order valence-electron chi connectivity index (χ1n) is 6.27. The van der Waals surface area contributed by atoms with Crippen molar-refractivity contribution in [1.29, 1.82) is 0 Å². The van der Waals surface area contributed by atoms with Gasteiger partial charge in [0.25, 0.3) is 0 Å². The van der Waals surface area contributed by atoms with Crippen molar-refractivity contribution in [3.63, 3.8) is 0 Å². The van der Waals surface area contributed by atoms with E-state index in [0.717, 1.165) is 31.8 Å². The van der Waals surface area contributed by atoms with Gasteiger partial charge in [-0.2, -0.15) is 0 Å². The van der Waals surface area contributed by atoms with Gasteiger partial charge in [-0.15, -0.1) is 6.58 Å². The Kier molecular flexibility index (Phi) is 6.16. The van der Waals surface area contributed by atoms with Gasteiger partial charge in [-0.25, -0.2) is 0 Å². The van der Waals surface area contributed by atoms with Crippen LogP contribution in [-0.4, -0.2) is 35.6 Å². The number of aliphatic carboxylic acids is 1. The second-order valence-electron chi connectivity index (χ2n) is 4.71. The van der Waals surface area contributed by atoms with Crippen molar-refractivity contribution in [1.82, 2.24) is 4.90 Å². The van der Waals surface area contributed by atoms with Gasteiger partial charge in [-0.3, -0.25) is 9.69 Å². The quantitative estimate of drug-likeness (QED) is 0.459. The highest BCUT2D eigenvalue weighted by Crippen LogP contribution is 2.29. The third-order valence-corrected chi connectivity index (χ3v) is 2.95. The van der Waals surface area contributed by atoms with Crippen molar-refractivity contribution in [2.75, 3.05) is 19.6 Å². The maximum Gasteiger partial charge on any atom is 0.317 e. The molecule has 3 heteroatoms. The Labute approximate surface area is 98.1 Å². The molecule has 1 N–H and O–H groups in total. The van der Waals surface area contributed by atoms with Gasteiger partial charge >= 0.3 is 5.97 Å². The molecule has 1 aliphatic carbocycles. The predicted molar refractivity (Wildman–Crippen MR) is 65.5 cm³/mol. The number of rotatable bonds is 10. The summed E-state index contributed by atoms with van der Waals surface area (Å²) in [7, 11) is 0. The number of unbranched alkanes of at least 4 members (excludes halogenated alkanes) is 3. The first kappa shape index (κ1) is 13.2. The molecule has 1 fully saturated rings. The van der Waals surface area contributed by atoms with Crippen LogP contribution in [0.3, 0.4) is 0 Å². The standard InChI is InChI=1S/C13H23NO2/c1-2-3-4-5-6-9-14(11-13(15)16)10-12-7-8-12/h2,12H,1,3-11H2,(H,15,16). The monoisotopic (exact) mass is 225 g/mol. The minimum atomic E-state index is -0.702. The second kappa shape index (κ2) is 7.44. The van der Waals surface area contributed by atoms with E-state index in [1.54, 1.807) is 0 Å². The maximum absolute atomic E-state index is 10.7. The van der Waals surface area contributed by atoms with Crippen LogP contribution in [0.4, 0.5) is 0 Å². The fourth-order valence-corrected chi connectivity index (χ4v) is 1.89. The first-order valence-corrected chi connectivity index (χ1v) is 6.27. The summed E-state index contributed by atoms with van der Waals surface area (Å²) >= 11 is 0. The molecule has 3 nitrogen and oxygen atoms in total. The highest BCUT2D eigenvalue weighted by Gasteiger charge is 2.24. The molecule has 0 heterocycles. The number of hydrogen-bond acceptors (Lipinski definition) is 2. The Hall–Kier alpha value is -0.830. The molecule has 0 amide bonds. The summed E-state index contributed by atoms with van der Waals surface area (Å²) in [6, 6.07) is 0. The lowest BCUT2D eigenvalue weighted by atomic mass is 10.2. The van der Waals surface area contributed by atoms with Gasteiger partial charge in [0.2, 0.25) is 0 Å². The number of allylic oxidation sites excluding steroid dienone is 1. The molecule has 0 atom stereocenters. The summed E-state index contributed by atoms with van der Waals surface area (Å²) in [5, 5.41) is 8.80. The van der Waals surface area contributed by atoms with Gasteiger partial charge in [0.15, 0.2) is 0 Å². The summed E-state index contributed by atoms with van der Waals surface area (Å²) < 4.78 is 0. The average Bonchev–Trinajstić information content (AvgIpc) is 3.00. The lowest BCUT2D eigenvalue weighted by molar-refractivity contribution is -0.138. The van der Waals surface area contributed by atoms with Gasteiger partial charge in [0, 0.05) is 6.54 Å². The molecule has 0 saturated heterocycles. The zero-order chi connectivity index (χ0) is 11.8. The normalized spacial score (nSPS) is 15.3. The van der Waals surface area contributed by atoms with Crippen LogP contribution in [0.5, 0.6) is 0 Å². The summed E-state index contributed by atoms with van der Waals surface area (Å²) in [6.07, 6.45) is 9.04. The van der Waals surface area contributed by atoms with Gasteiger partial charge in [0.1, 0.15) is 0 Å². The van der Waals surface area contributed by atoms with E-state index in [0.29, 0.717) is 0 Å². The highest BCUT2D eigenvalue weighted by atomic mass is 16.4. The molecule has 1 aliphatic rings. The Bertz CT molecular complexity index is 224. The number of nitrogens with zero attached hydrogens (tertiary/aromatic N) is 1. The van der Waals surface area contributed by atoms with Gasteiger partial charge in [-0.05, 0) is 44.6 Å². The molecule has 0 radical (unpaired) electrons. The third-order valence-electron chi connectivity index (χ3n) is 2.95. The number of hydrogen-bond donors (Lipinski definition) is 1. The molecule has 0 bridgehead atoms. The largest absolute Gasteiger partial charge is 0.480 e. The smallest absolute Gasteiger partial charge is 0.317 e. The molecule has 0 unspecified atom stereocenters. The van der Waals surface area contributed by atoms with Gasteiger partial charge < -0.3 is 5.11 Å². The first-order chi connectivity index (χ1) is 7.72. The summed E-state index contributed by atoms with van der Waals surface area (Å²) in [5.74, 6) is 0.0688. The fourth-order valence-electron chi connectivity index (χ4n) is 1.89. The van der Waals surface area contributed by atoms with Crippen LogP contribution >= 0.6 is 0 Å². The van der Waals surface area contributed by atoms with Crippen LogP contribution < -0.4 is 0 Å². The van der Waals surface area contributed by atoms with Gasteiger partial charge in [-0.1, -0.05) is 12.5 Å². The number of carboxylic acid groups (broad SMARTS) is 1. The van der Waals surface area contributed by atoms with Crippen LogP contribution in [0.25, 0.3) is 0 Å². The fraction of sp³-hybridized carbons (Fsp3) is 0.769. The van der Waals surface area contributed by atoms with Crippen LogP contribution in [0, 0.1) is 5.92 Å². The Morgan fingerprint density at radius 1 is 1.38 bits per heavy atom. The van der Waals surface area contributed by atoms with E-state index in [1.807, 2.05) is 6.08 Å². The average molecular weight is 225 g/mol. The lowest BCUT2D eigenvalue weighted by Crippen LogP contribution is -2.32. The molecular weight excluding hydrogens is 202 g/mol.